The lowest BCUT2D eigenvalue weighted by atomic mass is 10.1. The molecule has 1 aliphatic heterocycles. The minimum atomic E-state index is -0.694. The van der Waals surface area contributed by atoms with Crippen molar-refractivity contribution >= 4 is 5.97 Å². The van der Waals surface area contributed by atoms with E-state index in [-0.39, 0.29) is 5.92 Å². The molecule has 2 atom stereocenters. The third kappa shape index (κ3) is 3.47. The Morgan fingerprint density at radius 1 is 1.53 bits per heavy atom. The second kappa shape index (κ2) is 5.47. The number of carboxylic acid groups (broad SMARTS) is 1. The zero-order chi connectivity index (χ0) is 11.4. The van der Waals surface area contributed by atoms with Crippen LogP contribution in [0, 0.1) is 5.92 Å². The molecule has 0 aliphatic carbocycles. The largest absolute Gasteiger partial charge is 0.481 e. The molecule has 0 aromatic heterocycles. The van der Waals surface area contributed by atoms with Crippen LogP contribution in [0.1, 0.15) is 20.8 Å². The number of hydrogen-bond acceptors (Lipinski definition) is 3. The molecule has 0 aromatic carbocycles. The Morgan fingerprint density at radius 3 is 2.67 bits per heavy atom. The van der Waals surface area contributed by atoms with Gasteiger partial charge in [-0.15, -0.1) is 0 Å². The molecular weight excluding hydrogens is 192 g/mol. The van der Waals surface area contributed by atoms with E-state index in [1.54, 1.807) is 6.92 Å². The van der Waals surface area contributed by atoms with Crippen LogP contribution in [-0.4, -0.2) is 59.6 Å². The lowest BCUT2D eigenvalue weighted by molar-refractivity contribution is -0.142. The maximum atomic E-state index is 10.8. The van der Waals surface area contributed by atoms with Gasteiger partial charge in [0.1, 0.15) is 0 Å². The van der Waals surface area contributed by atoms with Gasteiger partial charge in [0.05, 0.1) is 5.92 Å². The van der Waals surface area contributed by atoms with Crippen molar-refractivity contribution in [1.29, 1.82) is 0 Å². The summed E-state index contributed by atoms with van der Waals surface area (Å²) in [6.45, 7) is 11.0. The predicted molar refractivity (Wildman–Crippen MR) is 59.9 cm³/mol. The van der Waals surface area contributed by atoms with E-state index in [2.05, 4.69) is 23.6 Å². The summed E-state index contributed by atoms with van der Waals surface area (Å²) in [4.78, 5) is 15.5. The van der Waals surface area contributed by atoms with Crippen LogP contribution in [0.2, 0.25) is 0 Å². The van der Waals surface area contributed by atoms with Crippen molar-refractivity contribution in [3.8, 4) is 0 Å². The van der Waals surface area contributed by atoms with E-state index >= 15 is 0 Å². The van der Waals surface area contributed by atoms with Gasteiger partial charge < -0.3 is 10.0 Å². The molecule has 88 valence electrons. The zero-order valence-electron chi connectivity index (χ0n) is 9.94. The summed E-state index contributed by atoms with van der Waals surface area (Å²) < 4.78 is 0. The van der Waals surface area contributed by atoms with Crippen molar-refractivity contribution in [2.24, 2.45) is 5.92 Å². The minimum absolute atomic E-state index is 0.263. The van der Waals surface area contributed by atoms with E-state index in [4.69, 9.17) is 5.11 Å². The van der Waals surface area contributed by atoms with Crippen LogP contribution in [-0.2, 0) is 4.79 Å². The van der Waals surface area contributed by atoms with Crippen molar-refractivity contribution in [2.75, 3.05) is 32.7 Å². The maximum absolute atomic E-state index is 10.8. The Morgan fingerprint density at radius 2 is 2.20 bits per heavy atom. The monoisotopic (exact) mass is 214 g/mol. The van der Waals surface area contributed by atoms with Crippen molar-refractivity contribution in [3.63, 3.8) is 0 Å². The van der Waals surface area contributed by atoms with Crippen LogP contribution in [0.25, 0.3) is 0 Å². The van der Waals surface area contributed by atoms with E-state index < -0.39 is 5.97 Å². The summed E-state index contributed by atoms with van der Waals surface area (Å²) in [5.41, 5.74) is 0. The molecule has 2 unspecified atom stereocenters. The lowest BCUT2D eigenvalue weighted by Crippen LogP contribution is -2.53. The van der Waals surface area contributed by atoms with Gasteiger partial charge in [-0.1, -0.05) is 13.8 Å². The average Bonchev–Trinajstić information content (AvgIpc) is 2.20. The van der Waals surface area contributed by atoms with Gasteiger partial charge in [-0.2, -0.15) is 0 Å². The van der Waals surface area contributed by atoms with Gasteiger partial charge >= 0.3 is 5.97 Å². The summed E-state index contributed by atoms with van der Waals surface area (Å²) in [6, 6.07) is 0.473. The van der Waals surface area contributed by atoms with Crippen molar-refractivity contribution in [1.82, 2.24) is 9.80 Å². The quantitative estimate of drug-likeness (QED) is 0.749. The Bertz CT molecular complexity index is 221. The molecule has 0 bridgehead atoms. The molecule has 1 aliphatic rings. The van der Waals surface area contributed by atoms with Crippen LogP contribution >= 0.6 is 0 Å². The molecule has 0 aromatic rings. The highest BCUT2D eigenvalue weighted by Crippen LogP contribution is 2.11. The molecule has 1 saturated heterocycles. The van der Waals surface area contributed by atoms with Gasteiger partial charge in [0.2, 0.25) is 0 Å². The number of carbonyl (C=O) groups is 1. The first kappa shape index (κ1) is 12.5. The fourth-order valence-electron chi connectivity index (χ4n) is 2.06. The molecule has 0 spiro atoms. The van der Waals surface area contributed by atoms with E-state index in [9.17, 15) is 4.79 Å². The van der Waals surface area contributed by atoms with Gasteiger partial charge in [0.15, 0.2) is 0 Å². The molecule has 15 heavy (non-hydrogen) atoms. The zero-order valence-corrected chi connectivity index (χ0v) is 9.94. The Hall–Kier alpha value is -0.610. The van der Waals surface area contributed by atoms with Crippen LogP contribution in [0.4, 0.5) is 0 Å². The first-order valence-corrected chi connectivity index (χ1v) is 5.73. The van der Waals surface area contributed by atoms with Crippen molar-refractivity contribution in [2.45, 2.75) is 26.8 Å². The van der Waals surface area contributed by atoms with Crippen molar-refractivity contribution < 1.29 is 9.90 Å². The summed E-state index contributed by atoms with van der Waals surface area (Å²) in [5, 5.41) is 8.86. The smallest absolute Gasteiger partial charge is 0.307 e. The topological polar surface area (TPSA) is 43.8 Å². The standard InChI is InChI=1S/C11H22N2O2/c1-4-12-5-6-13(10(3)8-12)7-9(2)11(14)15/h9-10H,4-8H2,1-3H3,(H,14,15). The van der Waals surface area contributed by atoms with Crippen LogP contribution in [0.5, 0.6) is 0 Å². The Labute approximate surface area is 91.9 Å². The summed E-state index contributed by atoms with van der Waals surface area (Å²) >= 11 is 0. The normalized spacial score (nSPS) is 26.5. The molecule has 0 radical (unpaired) electrons. The van der Waals surface area contributed by atoms with E-state index in [1.807, 2.05) is 0 Å². The van der Waals surface area contributed by atoms with Gasteiger partial charge in [-0.3, -0.25) is 9.69 Å². The molecule has 4 heteroatoms. The Kier molecular flexibility index (Phi) is 4.54. The molecular formula is C11H22N2O2. The minimum Gasteiger partial charge on any atom is -0.481 e. The summed E-state index contributed by atoms with van der Waals surface area (Å²) in [5.74, 6) is -0.958. The SMILES string of the molecule is CCN1CCN(CC(C)C(=O)O)C(C)C1. The van der Waals surface area contributed by atoms with E-state index in [0.717, 1.165) is 26.2 Å². The third-order valence-electron chi connectivity index (χ3n) is 3.23. The fourth-order valence-corrected chi connectivity index (χ4v) is 2.06. The number of carboxylic acids is 1. The summed E-state index contributed by atoms with van der Waals surface area (Å²) in [6.07, 6.45) is 0. The Balaban J connectivity index is 2.41. The molecule has 1 rings (SSSR count). The second-order valence-corrected chi connectivity index (χ2v) is 4.48. The van der Waals surface area contributed by atoms with E-state index in [0.29, 0.717) is 12.6 Å². The third-order valence-corrected chi connectivity index (χ3v) is 3.23. The number of rotatable bonds is 4. The molecule has 4 nitrogen and oxygen atoms in total. The number of nitrogens with zero attached hydrogens (tertiary/aromatic N) is 2. The average molecular weight is 214 g/mol. The van der Waals surface area contributed by atoms with Gasteiger partial charge in [-0.25, -0.2) is 0 Å². The van der Waals surface area contributed by atoms with Gasteiger partial charge in [-0.05, 0) is 13.5 Å². The van der Waals surface area contributed by atoms with Crippen LogP contribution in [0.3, 0.4) is 0 Å². The number of aliphatic carboxylic acids is 1. The molecule has 0 saturated carbocycles. The maximum Gasteiger partial charge on any atom is 0.307 e. The highest BCUT2D eigenvalue weighted by atomic mass is 16.4. The first-order chi connectivity index (χ1) is 7.04. The molecule has 1 fully saturated rings. The lowest BCUT2D eigenvalue weighted by Gasteiger charge is -2.40. The fraction of sp³-hybridized carbons (Fsp3) is 0.909. The van der Waals surface area contributed by atoms with Gasteiger partial charge in [0.25, 0.3) is 0 Å². The number of piperazine rings is 1. The highest BCUT2D eigenvalue weighted by molar-refractivity contribution is 5.69. The molecule has 1 heterocycles. The molecule has 0 amide bonds. The summed E-state index contributed by atoms with van der Waals surface area (Å²) in [7, 11) is 0. The second-order valence-electron chi connectivity index (χ2n) is 4.48. The van der Waals surface area contributed by atoms with Crippen molar-refractivity contribution in [3.05, 3.63) is 0 Å². The number of hydrogen-bond donors (Lipinski definition) is 1. The van der Waals surface area contributed by atoms with Crippen LogP contribution < -0.4 is 0 Å². The van der Waals surface area contributed by atoms with Gasteiger partial charge in [0, 0.05) is 32.2 Å². The molecule has 1 N–H and O–H groups in total. The predicted octanol–water partition coefficient (Wildman–Crippen LogP) is 0.733. The number of likely N-dealkylation sites (N-methyl/N-ethyl adjacent to an activating group) is 1. The first-order valence-electron chi connectivity index (χ1n) is 5.73. The highest BCUT2D eigenvalue weighted by Gasteiger charge is 2.25. The van der Waals surface area contributed by atoms with E-state index in [1.165, 1.54) is 0 Å². The van der Waals surface area contributed by atoms with Crippen LogP contribution in [0.15, 0.2) is 0 Å².